The molecule has 1 aromatic heterocycles. The van der Waals surface area contributed by atoms with Crippen LogP contribution in [0, 0.1) is 0 Å². The van der Waals surface area contributed by atoms with E-state index < -0.39 is 6.03 Å². The molecule has 1 aromatic carbocycles. The van der Waals surface area contributed by atoms with Crippen LogP contribution in [0.25, 0.3) is 0 Å². The normalized spacial score (nSPS) is 10.1. The topological polar surface area (TPSA) is 54.0 Å². The molecular weight excluding hydrogens is 309 g/mol. The molecule has 0 aliphatic heterocycles. The molecule has 0 radical (unpaired) electrons. The quantitative estimate of drug-likeness (QED) is 0.844. The fourth-order valence-electron chi connectivity index (χ4n) is 1.37. The van der Waals surface area contributed by atoms with Gasteiger partial charge in [0.15, 0.2) is 5.82 Å². The number of pyridine rings is 1. The lowest BCUT2D eigenvalue weighted by molar-refractivity contribution is 0.262. The summed E-state index contributed by atoms with van der Waals surface area (Å²) in [6.45, 7) is 0. The van der Waals surface area contributed by atoms with Crippen molar-refractivity contribution in [3.63, 3.8) is 0 Å². The van der Waals surface area contributed by atoms with E-state index in [1.54, 1.807) is 30.3 Å². The zero-order valence-electron chi connectivity index (χ0n) is 9.45. The summed E-state index contributed by atoms with van der Waals surface area (Å²) in [5.74, 6) is 0.273. The van der Waals surface area contributed by atoms with Crippen molar-refractivity contribution in [2.75, 3.05) is 10.6 Å². The average molecular weight is 317 g/mol. The van der Waals surface area contributed by atoms with Crippen LogP contribution in [0.5, 0.6) is 0 Å². The fourth-order valence-corrected chi connectivity index (χ4v) is 2.07. The van der Waals surface area contributed by atoms with E-state index in [-0.39, 0.29) is 5.82 Å². The van der Waals surface area contributed by atoms with Crippen molar-refractivity contribution >= 4 is 52.3 Å². The second-order valence-corrected chi connectivity index (χ2v) is 4.85. The average Bonchev–Trinajstić information content (AvgIpc) is 2.30. The minimum atomic E-state index is -0.487. The van der Waals surface area contributed by atoms with Crippen molar-refractivity contribution in [1.82, 2.24) is 4.98 Å². The predicted molar refractivity (Wildman–Crippen MR) is 78.4 cm³/mol. The highest BCUT2D eigenvalue weighted by Gasteiger charge is 2.07. The zero-order chi connectivity index (χ0) is 13.8. The molecule has 19 heavy (non-hydrogen) atoms. The summed E-state index contributed by atoms with van der Waals surface area (Å²) in [6.07, 6.45) is 1.53. The van der Waals surface area contributed by atoms with Crippen molar-refractivity contribution in [3.05, 3.63) is 51.6 Å². The van der Waals surface area contributed by atoms with Crippen molar-refractivity contribution < 1.29 is 4.79 Å². The lowest BCUT2D eigenvalue weighted by Gasteiger charge is -2.08. The van der Waals surface area contributed by atoms with Crippen molar-refractivity contribution in [3.8, 4) is 0 Å². The molecule has 0 saturated heterocycles. The van der Waals surface area contributed by atoms with Crippen LogP contribution in [-0.4, -0.2) is 11.0 Å². The first-order valence-corrected chi connectivity index (χ1v) is 6.32. The zero-order valence-corrected chi connectivity index (χ0v) is 11.7. The summed E-state index contributed by atoms with van der Waals surface area (Å²) in [5.41, 5.74) is 0.474. The van der Waals surface area contributed by atoms with Crippen molar-refractivity contribution in [2.45, 2.75) is 0 Å². The third-order valence-corrected chi connectivity index (χ3v) is 2.85. The molecule has 2 rings (SSSR count). The number of rotatable bonds is 2. The lowest BCUT2D eigenvalue weighted by atomic mass is 10.3. The lowest BCUT2D eigenvalue weighted by Crippen LogP contribution is -2.20. The third kappa shape index (κ3) is 3.99. The molecule has 4 nitrogen and oxygen atoms in total. The van der Waals surface area contributed by atoms with Gasteiger partial charge in [-0.15, -0.1) is 0 Å². The molecule has 98 valence electrons. The number of anilines is 2. The van der Waals surface area contributed by atoms with E-state index in [9.17, 15) is 4.79 Å². The minimum absolute atomic E-state index is 0.273. The van der Waals surface area contributed by atoms with Gasteiger partial charge in [0.1, 0.15) is 0 Å². The van der Waals surface area contributed by atoms with E-state index in [4.69, 9.17) is 34.8 Å². The summed E-state index contributed by atoms with van der Waals surface area (Å²) in [7, 11) is 0. The summed E-state index contributed by atoms with van der Waals surface area (Å²) < 4.78 is 0. The Morgan fingerprint density at radius 3 is 2.37 bits per heavy atom. The van der Waals surface area contributed by atoms with Crippen LogP contribution in [0.1, 0.15) is 0 Å². The van der Waals surface area contributed by atoms with Gasteiger partial charge in [0.05, 0.1) is 5.02 Å². The molecule has 0 aliphatic carbocycles. The SMILES string of the molecule is O=C(Nc1cc(Cl)cc(Cl)c1)Nc1ncccc1Cl. The van der Waals surface area contributed by atoms with Crippen LogP contribution in [-0.2, 0) is 0 Å². The number of amides is 2. The number of nitrogens with zero attached hydrogens (tertiary/aromatic N) is 1. The van der Waals surface area contributed by atoms with E-state index >= 15 is 0 Å². The van der Waals surface area contributed by atoms with E-state index in [0.29, 0.717) is 20.8 Å². The Labute approximate surface area is 124 Å². The number of benzene rings is 1. The van der Waals surface area contributed by atoms with Crippen molar-refractivity contribution in [1.29, 1.82) is 0 Å². The summed E-state index contributed by atoms with van der Waals surface area (Å²) in [4.78, 5) is 15.7. The maximum absolute atomic E-state index is 11.7. The molecule has 1 heterocycles. The van der Waals surface area contributed by atoms with Gasteiger partial charge in [-0.25, -0.2) is 9.78 Å². The minimum Gasteiger partial charge on any atom is -0.308 e. The molecule has 0 fully saturated rings. The van der Waals surface area contributed by atoms with Crippen LogP contribution in [0.3, 0.4) is 0 Å². The molecule has 2 amide bonds. The number of urea groups is 1. The number of aromatic nitrogens is 1. The van der Waals surface area contributed by atoms with Gasteiger partial charge in [0, 0.05) is 21.9 Å². The molecule has 0 atom stereocenters. The Hall–Kier alpha value is -1.49. The highest BCUT2D eigenvalue weighted by Crippen LogP contribution is 2.23. The molecule has 2 aromatic rings. The maximum atomic E-state index is 11.7. The molecule has 0 bridgehead atoms. The van der Waals surface area contributed by atoms with Gasteiger partial charge >= 0.3 is 6.03 Å². The van der Waals surface area contributed by atoms with Gasteiger partial charge in [0.2, 0.25) is 0 Å². The number of halogens is 3. The Bertz CT molecular complexity index is 599. The number of carbonyl (C=O) groups excluding carboxylic acids is 1. The molecule has 0 unspecified atom stereocenters. The van der Waals surface area contributed by atoms with Gasteiger partial charge in [-0.2, -0.15) is 0 Å². The van der Waals surface area contributed by atoms with Crippen molar-refractivity contribution in [2.24, 2.45) is 0 Å². The van der Waals surface area contributed by atoms with Crippen LogP contribution in [0.4, 0.5) is 16.3 Å². The standard InChI is InChI=1S/C12H8Cl3N3O/c13-7-4-8(14)6-9(5-7)17-12(19)18-11-10(15)2-1-3-16-11/h1-6H,(H2,16,17,18,19). The molecular formula is C12H8Cl3N3O. The van der Waals surface area contributed by atoms with E-state index in [1.165, 1.54) is 6.20 Å². The second kappa shape index (κ2) is 6.10. The summed E-state index contributed by atoms with van der Waals surface area (Å²) in [5, 5.41) is 6.31. The predicted octanol–water partition coefficient (Wildman–Crippen LogP) is 4.69. The highest BCUT2D eigenvalue weighted by atomic mass is 35.5. The third-order valence-electron chi connectivity index (χ3n) is 2.11. The Balaban J connectivity index is 2.07. The van der Waals surface area contributed by atoms with Crippen LogP contribution >= 0.6 is 34.8 Å². The molecule has 2 N–H and O–H groups in total. The number of carbonyl (C=O) groups is 1. The van der Waals surface area contributed by atoms with E-state index in [1.807, 2.05) is 0 Å². The summed E-state index contributed by atoms with van der Waals surface area (Å²) >= 11 is 17.5. The van der Waals surface area contributed by atoms with Gasteiger partial charge in [-0.1, -0.05) is 34.8 Å². The fraction of sp³-hybridized carbons (Fsp3) is 0. The molecule has 0 saturated carbocycles. The monoisotopic (exact) mass is 315 g/mol. The first-order valence-electron chi connectivity index (χ1n) is 5.19. The highest BCUT2D eigenvalue weighted by molar-refractivity contribution is 6.35. The molecule has 7 heteroatoms. The molecule has 0 spiro atoms. The number of hydrogen-bond acceptors (Lipinski definition) is 2. The smallest absolute Gasteiger partial charge is 0.308 e. The molecule has 0 aliphatic rings. The second-order valence-electron chi connectivity index (χ2n) is 3.57. The Kier molecular flexibility index (Phi) is 4.47. The van der Waals surface area contributed by atoms with Gasteiger partial charge in [0.25, 0.3) is 0 Å². The number of hydrogen-bond donors (Lipinski definition) is 2. The maximum Gasteiger partial charge on any atom is 0.324 e. The van der Waals surface area contributed by atoms with Gasteiger partial charge in [-0.05, 0) is 30.3 Å². The first-order chi connectivity index (χ1) is 9.04. The van der Waals surface area contributed by atoms with E-state index in [0.717, 1.165) is 0 Å². The first kappa shape index (κ1) is 13.9. The largest absolute Gasteiger partial charge is 0.324 e. The van der Waals surface area contributed by atoms with Gasteiger partial charge < -0.3 is 5.32 Å². The van der Waals surface area contributed by atoms with Gasteiger partial charge in [-0.3, -0.25) is 5.32 Å². The van der Waals surface area contributed by atoms with Crippen LogP contribution in [0.2, 0.25) is 15.1 Å². The summed E-state index contributed by atoms with van der Waals surface area (Å²) in [6, 6.07) is 7.53. The number of nitrogens with one attached hydrogen (secondary N) is 2. The Morgan fingerprint density at radius 1 is 1.05 bits per heavy atom. The van der Waals surface area contributed by atoms with E-state index in [2.05, 4.69) is 15.6 Å². The van der Waals surface area contributed by atoms with Crippen LogP contribution < -0.4 is 10.6 Å². The Morgan fingerprint density at radius 2 is 1.74 bits per heavy atom. The van der Waals surface area contributed by atoms with Crippen LogP contribution in [0.15, 0.2) is 36.5 Å².